The molecule has 2 heterocycles. The molecule has 0 aliphatic rings. The second-order valence-corrected chi connectivity index (χ2v) is 3.79. The minimum absolute atomic E-state index is 0.0725. The fourth-order valence-electron chi connectivity index (χ4n) is 1.50. The first-order valence-electron chi connectivity index (χ1n) is 5.03. The summed E-state index contributed by atoms with van der Waals surface area (Å²) in [5, 5.41) is 12.1. The lowest BCUT2D eigenvalue weighted by molar-refractivity contribution is 0.0685. The molecule has 2 aromatic heterocycles. The second kappa shape index (κ2) is 4.84. The number of nitrogens with zero attached hydrogens (tertiary/aromatic N) is 2. The van der Waals surface area contributed by atoms with Gasteiger partial charge in [0, 0.05) is 18.2 Å². The van der Waals surface area contributed by atoms with Gasteiger partial charge in [0.2, 0.25) is 0 Å². The highest BCUT2D eigenvalue weighted by molar-refractivity contribution is 5.85. The first-order chi connectivity index (χ1) is 8.15. The summed E-state index contributed by atoms with van der Waals surface area (Å²) in [7, 11) is 1.90. The molecule has 2 aromatic rings. The van der Waals surface area contributed by atoms with Gasteiger partial charge in [0.05, 0.1) is 19.1 Å². The largest absolute Gasteiger partial charge is 0.476 e. The second-order valence-electron chi connectivity index (χ2n) is 3.79. The van der Waals surface area contributed by atoms with Crippen molar-refractivity contribution < 1.29 is 18.8 Å². The van der Waals surface area contributed by atoms with E-state index in [2.05, 4.69) is 5.16 Å². The van der Waals surface area contributed by atoms with Gasteiger partial charge in [0.1, 0.15) is 0 Å². The minimum Gasteiger partial charge on any atom is -0.476 e. The molecule has 0 spiro atoms. The molecular formula is C11H12N2O4. The summed E-state index contributed by atoms with van der Waals surface area (Å²) in [6, 6.07) is 3.30. The number of aromatic nitrogens is 1. The maximum absolute atomic E-state index is 10.6. The van der Waals surface area contributed by atoms with E-state index in [4.69, 9.17) is 14.0 Å². The van der Waals surface area contributed by atoms with E-state index in [1.165, 1.54) is 6.07 Å². The van der Waals surface area contributed by atoms with Crippen LogP contribution < -0.4 is 0 Å². The smallest absolute Gasteiger partial charge is 0.358 e. The van der Waals surface area contributed by atoms with Gasteiger partial charge in [-0.3, -0.25) is 4.90 Å². The summed E-state index contributed by atoms with van der Waals surface area (Å²) < 4.78 is 9.88. The highest BCUT2D eigenvalue weighted by atomic mass is 16.5. The Morgan fingerprint density at radius 3 is 2.94 bits per heavy atom. The number of aromatic carboxylic acids is 1. The molecule has 0 atom stereocenters. The molecule has 6 heteroatoms. The van der Waals surface area contributed by atoms with Crippen LogP contribution in [0.2, 0.25) is 0 Å². The lowest BCUT2D eigenvalue weighted by atomic mass is 10.3. The highest BCUT2D eigenvalue weighted by Gasteiger charge is 2.12. The monoisotopic (exact) mass is 236 g/mol. The fourth-order valence-corrected chi connectivity index (χ4v) is 1.50. The molecule has 0 bridgehead atoms. The van der Waals surface area contributed by atoms with E-state index < -0.39 is 5.97 Å². The van der Waals surface area contributed by atoms with Crippen LogP contribution in [0.15, 0.2) is 33.6 Å². The van der Waals surface area contributed by atoms with Crippen molar-refractivity contribution in [2.24, 2.45) is 0 Å². The molecule has 0 amide bonds. The molecule has 0 radical (unpaired) electrons. The Labute approximate surface area is 97.4 Å². The minimum atomic E-state index is -1.09. The van der Waals surface area contributed by atoms with Crippen LogP contribution in [0.3, 0.4) is 0 Å². The zero-order valence-corrected chi connectivity index (χ0v) is 9.29. The standard InChI is InChI=1S/C11H12N2O4/c1-13(5-8-2-3-16-7-8)6-9-4-10(11(14)15)12-17-9/h2-4,7H,5-6H2,1H3,(H,14,15). The number of furan rings is 1. The van der Waals surface area contributed by atoms with E-state index in [1.807, 2.05) is 18.0 Å². The van der Waals surface area contributed by atoms with E-state index >= 15 is 0 Å². The summed E-state index contributed by atoms with van der Waals surface area (Å²) in [5.74, 6) is -0.564. The van der Waals surface area contributed by atoms with Crippen molar-refractivity contribution in [3.8, 4) is 0 Å². The average molecular weight is 236 g/mol. The number of carboxylic acids is 1. The Kier molecular flexibility index (Phi) is 3.24. The molecule has 0 unspecified atom stereocenters. The van der Waals surface area contributed by atoms with Crippen LogP contribution in [0.1, 0.15) is 21.8 Å². The van der Waals surface area contributed by atoms with Crippen LogP contribution >= 0.6 is 0 Å². The summed E-state index contributed by atoms with van der Waals surface area (Å²) in [6.45, 7) is 1.19. The molecule has 17 heavy (non-hydrogen) atoms. The molecule has 1 N–H and O–H groups in total. The van der Waals surface area contributed by atoms with Gasteiger partial charge in [-0.05, 0) is 13.1 Å². The van der Waals surface area contributed by atoms with Gasteiger partial charge < -0.3 is 14.0 Å². The Morgan fingerprint density at radius 2 is 2.35 bits per heavy atom. The van der Waals surface area contributed by atoms with Gasteiger partial charge in [0.15, 0.2) is 11.5 Å². The van der Waals surface area contributed by atoms with E-state index in [9.17, 15) is 4.79 Å². The zero-order chi connectivity index (χ0) is 12.3. The molecule has 0 saturated heterocycles. The van der Waals surface area contributed by atoms with Crippen LogP contribution in [-0.4, -0.2) is 28.2 Å². The zero-order valence-electron chi connectivity index (χ0n) is 9.29. The fraction of sp³-hybridized carbons (Fsp3) is 0.273. The third kappa shape index (κ3) is 2.94. The number of hydrogen-bond donors (Lipinski definition) is 1. The Bertz CT molecular complexity index is 489. The lowest BCUT2D eigenvalue weighted by Gasteiger charge is -2.12. The van der Waals surface area contributed by atoms with Crippen molar-refractivity contribution in [3.05, 3.63) is 41.7 Å². The maximum atomic E-state index is 10.6. The summed E-state index contributed by atoms with van der Waals surface area (Å²) in [5.41, 5.74) is 0.974. The van der Waals surface area contributed by atoms with Gasteiger partial charge in [-0.2, -0.15) is 0 Å². The van der Waals surface area contributed by atoms with Crippen molar-refractivity contribution in [1.29, 1.82) is 0 Å². The third-order valence-electron chi connectivity index (χ3n) is 2.24. The summed E-state index contributed by atoms with van der Waals surface area (Å²) in [4.78, 5) is 12.6. The third-order valence-corrected chi connectivity index (χ3v) is 2.24. The van der Waals surface area contributed by atoms with E-state index in [0.717, 1.165) is 5.56 Å². The normalized spacial score (nSPS) is 10.9. The van der Waals surface area contributed by atoms with Crippen molar-refractivity contribution in [2.75, 3.05) is 7.05 Å². The predicted octanol–water partition coefficient (Wildman–Crippen LogP) is 1.60. The Balaban J connectivity index is 1.93. The molecule has 2 rings (SSSR count). The van der Waals surface area contributed by atoms with E-state index in [-0.39, 0.29) is 5.69 Å². The van der Waals surface area contributed by atoms with Gasteiger partial charge in [-0.1, -0.05) is 5.16 Å². The van der Waals surface area contributed by atoms with Crippen molar-refractivity contribution in [1.82, 2.24) is 10.1 Å². The molecule has 6 nitrogen and oxygen atoms in total. The van der Waals surface area contributed by atoms with Crippen LogP contribution in [0.25, 0.3) is 0 Å². The maximum Gasteiger partial charge on any atom is 0.358 e. The van der Waals surface area contributed by atoms with Gasteiger partial charge in [-0.15, -0.1) is 0 Å². The van der Waals surface area contributed by atoms with Crippen molar-refractivity contribution >= 4 is 5.97 Å². The summed E-state index contributed by atoms with van der Waals surface area (Å²) >= 11 is 0. The van der Waals surface area contributed by atoms with Crippen molar-refractivity contribution in [3.63, 3.8) is 0 Å². The Hall–Kier alpha value is -2.08. The number of carbonyl (C=O) groups is 1. The van der Waals surface area contributed by atoms with E-state index in [1.54, 1.807) is 12.5 Å². The molecule has 0 fully saturated rings. The molecule has 90 valence electrons. The topological polar surface area (TPSA) is 79.7 Å². The first-order valence-corrected chi connectivity index (χ1v) is 5.03. The number of hydrogen-bond acceptors (Lipinski definition) is 5. The molecular weight excluding hydrogens is 224 g/mol. The van der Waals surface area contributed by atoms with E-state index in [0.29, 0.717) is 18.8 Å². The van der Waals surface area contributed by atoms with Crippen LogP contribution in [0, 0.1) is 0 Å². The average Bonchev–Trinajstić information content (AvgIpc) is 2.88. The van der Waals surface area contributed by atoms with Gasteiger partial charge >= 0.3 is 5.97 Å². The van der Waals surface area contributed by atoms with Crippen LogP contribution in [-0.2, 0) is 13.1 Å². The molecule has 0 aliphatic heterocycles. The number of carboxylic acid groups (broad SMARTS) is 1. The van der Waals surface area contributed by atoms with Crippen LogP contribution in [0.5, 0.6) is 0 Å². The van der Waals surface area contributed by atoms with Gasteiger partial charge in [0.25, 0.3) is 0 Å². The lowest BCUT2D eigenvalue weighted by Crippen LogP contribution is -2.16. The molecule has 0 aromatic carbocycles. The summed E-state index contributed by atoms with van der Waals surface area (Å²) in [6.07, 6.45) is 3.28. The van der Waals surface area contributed by atoms with Crippen molar-refractivity contribution in [2.45, 2.75) is 13.1 Å². The Morgan fingerprint density at radius 1 is 1.53 bits per heavy atom. The number of rotatable bonds is 5. The highest BCUT2D eigenvalue weighted by Crippen LogP contribution is 2.09. The molecule has 0 saturated carbocycles. The SMILES string of the molecule is CN(Cc1ccoc1)Cc1cc(C(=O)O)no1. The molecule has 0 aliphatic carbocycles. The van der Waals surface area contributed by atoms with Gasteiger partial charge in [-0.25, -0.2) is 4.79 Å². The first kappa shape index (κ1) is 11.4. The van der Waals surface area contributed by atoms with Crippen LogP contribution in [0.4, 0.5) is 0 Å². The quantitative estimate of drug-likeness (QED) is 0.849. The predicted molar refractivity (Wildman–Crippen MR) is 57.3 cm³/mol.